The summed E-state index contributed by atoms with van der Waals surface area (Å²) in [6.45, 7) is -1.98. The molecule has 0 spiro atoms. The van der Waals surface area contributed by atoms with Crippen LogP contribution in [0.3, 0.4) is 0 Å². The van der Waals surface area contributed by atoms with E-state index in [1.54, 1.807) is 0 Å². The second-order valence-corrected chi connectivity index (χ2v) is 7.94. The average molecular weight is 541 g/mol. The fraction of sp³-hybridized carbons (Fsp3) is 0.182. The zero-order valence-electron chi connectivity index (χ0n) is 18.9. The Morgan fingerprint density at radius 1 is 1.03 bits per heavy atom. The van der Waals surface area contributed by atoms with E-state index in [4.69, 9.17) is 5.73 Å². The fourth-order valence-electron chi connectivity index (χ4n) is 3.71. The van der Waals surface area contributed by atoms with Gasteiger partial charge in [-0.15, -0.1) is 0 Å². The van der Waals surface area contributed by atoms with E-state index in [1.807, 2.05) is 0 Å². The van der Waals surface area contributed by atoms with Crippen molar-refractivity contribution in [1.29, 1.82) is 0 Å². The Bertz CT molecular complexity index is 1410. The average Bonchev–Trinajstić information content (AvgIpc) is 3.22. The first-order valence-corrected chi connectivity index (χ1v) is 10.6. The molecule has 2 aromatic heterocycles. The minimum atomic E-state index is -4.69. The summed E-state index contributed by atoms with van der Waals surface area (Å²) < 4.78 is 78.5. The highest BCUT2D eigenvalue weighted by molar-refractivity contribution is 6.06. The number of carboxylic acid groups (broad SMARTS) is 1. The zero-order valence-corrected chi connectivity index (χ0v) is 18.9. The van der Waals surface area contributed by atoms with Gasteiger partial charge in [0.15, 0.2) is 0 Å². The van der Waals surface area contributed by atoms with Gasteiger partial charge in [0.1, 0.15) is 41.9 Å². The number of aromatic carboxylic acids is 1. The molecule has 0 saturated heterocycles. The molecule has 10 nitrogen and oxygen atoms in total. The van der Waals surface area contributed by atoms with Crippen molar-refractivity contribution in [2.75, 3.05) is 28.9 Å². The smallest absolute Gasteiger partial charge is 0.433 e. The molecule has 0 saturated carbocycles. The quantitative estimate of drug-likeness (QED) is 0.359. The monoisotopic (exact) mass is 541 g/mol. The first-order valence-electron chi connectivity index (χ1n) is 10.6. The third kappa shape index (κ3) is 5.63. The normalized spacial score (nSPS) is 13.5. The molecule has 0 aliphatic carbocycles. The number of aromatic nitrogens is 2. The number of pyridine rings is 1. The van der Waals surface area contributed by atoms with Gasteiger partial charge in [0.2, 0.25) is 0 Å². The van der Waals surface area contributed by atoms with Crippen LogP contribution in [-0.4, -0.2) is 52.0 Å². The molecule has 200 valence electrons. The van der Waals surface area contributed by atoms with E-state index in [1.165, 1.54) is 30.3 Å². The molecule has 1 aliphatic heterocycles. The molecule has 38 heavy (non-hydrogen) atoms. The van der Waals surface area contributed by atoms with Crippen LogP contribution < -0.4 is 21.4 Å². The maximum absolute atomic E-state index is 13.1. The lowest BCUT2D eigenvalue weighted by Gasteiger charge is -2.31. The zero-order chi connectivity index (χ0) is 27.8. The number of halogens is 6. The van der Waals surface area contributed by atoms with Crippen LogP contribution in [-0.2, 0) is 6.18 Å². The van der Waals surface area contributed by atoms with E-state index < -0.39 is 49.0 Å². The Morgan fingerprint density at radius 2 is 1.71 bits per heavy atom. The number of alkyl halides is 6. The topological polar surface area (TPSA) is 138 Å². The summed E-state index contributed by atoms with van der Waals surface area (Å²) >= 11 is 0. The van der Waals surface area contributed by atoms with Gasteiger partial charge in [-0.3, -0.25) is 10.3 Å². The summed E-state index contributed by atoms with van der Waals surface area (Å²) in [4.78, 5) is 31.2. The van der Waals surface area contributed by atoms with Gasteiger partial charge in [-0.2, -0.15) is 26.3 Å². The predicted octanol–water partition coefficient (Wildman–Crippen LogP) is 4.09. The van der Waals surface area contributed by atoms with E-state index in [2.05, 4.69) is 20.6 Å². The van der Waals surface area contributed by atoms with Crippen molar-refractivity contribution < 1.29 is 41.0 Å². The molecule has 1 aromatic carbocycles. The number of urea groups is 1. The first-order chi connectivity index (χ1) is 17.7. The fourth-order valence-corrected chi connectivity index (χ4v) is 3.71. The Balaban J connectivity index is 1.57. The van der Waals surface area contributed by atoms with Crippen molar-refractivity contribution in [1.82, 2.24) is 9.66 Å². The molecular weight excluding hydrogens is 524 g/mol. The number of carbonyl (C=O) groups excluding carboxylic acids is 1. The molecule has 5 N–H and O–H groups in total. The number of nitrogens with zero attached hydrogens (tertiary/aromatic N) is 4. The molecule has 0 fully saturated rings. The Labute approximate surface area is 209 Å². The van der Waals surface area contributed by atoms with Crippen molar-refractivity contribution in [3.05, 3.63) is 65.6 Å². The highest BCUT2D eigenvalue weighted by Crippen LogP contribution is 2.32. The molecular formula is C22H17F6N7O3. The van der Waals surface area contributed by atoms with Crippen LogP contribution in [0, 0.1) is 0 Å². The standard InChI is InChI=1S/C22H17F6N7O3/c23-21(24,25)9-34-10-30-18(29)17-13(8-14(19(36)37)35(17)34)11-4-6-12(7-5-11)31-20(38)33-16-3-1-2-15(32-16)22(26,27)28/h1-8H,9-10H2,(H2,29,30)(H,36,37)(H2,31,32,33,38). The van der Waals surface area contributed by atoms with Gasteiger partial charge in [-0.05, 0) is 35.9 Å². The summed E-state index contributed by atoms with van der Waals surface area (Å²) in [5, 5.41) is 14.9. The maximum Gasteiger partial charge on any atom is 0.433 e. The maximum atomic E-state index is 13.1. The van der Waals surface area contributed by atoms with E-state index in [-0.39, 0.29) is 28.6 Å². The lowest BCUT2D eigenvalue weighted by Crippen LogP contribution is -2.48. The lowest BCUT2D eigenvalue weighted by molar-refractivity contribution is -0.141. The molecule has 3 aromatic rings. The molecule has 3 heterocycles. The Kier molecular flexibility index (Phi) is 6.65. The summed E-state index contributed by atoms with van der Waals surface area (Å²) in [6.07, 6.45) is -9.34. The number of amidine groups is 1. The number of benzene rings is 1. The SMILES string of the molecule is NC1=NCN(CC(F)(F)F)n2c(C(=O)O)cc(-c3ccc(NC(=O)Nc4cccc(C(F)(F)F)n4)cc3)c21. The molecule has 4 rings (SSSR count). The number of carboxylic acids is 1. The van der Waals surface area contributed by atoms with Crippen LogP contribution in [0.15, 0.2) is 53.5 Å². The second kappa shape index (κ2) is 9.60. The number of aliphatic imine (C=N–C) groups is 1. The number of nitrogens with one attached hydrogen (secondary N) is 2. The summed E-state index contributed by atoms with van der Waals surface area (Å²) in [5.74, 6) is -1.99. The number of nitrogens with two attached hydrogens (primary N) is 1. The van der Waals surface area contributed by atoms with Crippen LogP contribution in [0.2, 0.25) is 0 Å². The predicted molar refractivity (Wildman–Crippen MR) is 123 cm³/mol. The van der Waals surface area contributed by atoms with Gasteiger partial charge in [0, 0.05) is 11.3 Å². The van der Waals surface area contributed by atoms with Gasteiger partial charge < -0.3 is 16.2 Å². The lowest BCUT2D eigenvalue weighted by atomic mass is 10.0. The minimum Gasteiger partial charge on any atom is -0.477 e. The molecule has 0 radical (unpaired) electrons. The van der Waals surface area contributed by atoms with Gasteiger partial charge >= 0.3 is 24.4 Å². The number of carbonyl (C=O) groups is 2. The van der Waals surface area contributed by atoms with E-state index >= 15 is 0 Å². The summed E-state index contributed by atoms with van der Waals surface area (Å²) in [6, 6.07) is 8.92. The summed E-state index contributed by atoms with van der Waals surface area (Å²) in [5.41, 5.74) is 4.94. The summed E-state index contributed by atoms with van der Waals surface area (Å²) in [7, 11) is 0. The molecule has 0 bridgehead atoms. The molecule has 0 atom stereocenters. The second-order valence-electron chi connectivity index (χ2n) is 7.94. The van der Waals surface area contributed by atoms with Crippen molar-refractivity contribution in [3.63, 3.8) is 0 Å². The van der Waals surface area contributed by atoms with Crippen LogP contribution in [0.5, 0.6) is 0 Å². The number of rotatable bonds is 5. The first kappa shape index (κ1) is 26.3. The Morgan fingerprint density at radius 3 is 2.32 bits per heavy atom. The Hall–Kier alpha value is -4.76. The van der Waals surface area contributed by atoms with Crippen LogP contribution in [0.25, 0.3) is 11.1 Å². The molecule has 2 amide bonds. The van der Waals surface area contributed by atoms with Gasteiger partial charge in [-0.1, -0.05) is 18.2 Å². The van der Waals surface area contributed by atoms with Crippen molar-refractivity contribution in [2.45, 2.75) is 12.4 Å². The minimum absolute atomic E-state index is 0.0491. The van der Waals surface area contributed by atoms with Crippen molar-refractivity contribution in [2.24, 2.45) is 10.7 Å². The third-order valence-corrected chi connectivity index (χ3v) is 5.22. The van der Waals surface area contributed by atoms with E-state index in [9.17, 15) is 41.0 Å². The van der Waals surface area contributed by atoms with Gasteiger partial charge in [0.25, 0.3) is 0 Å². The third-order valence-electron chi connectivity index (χ3n) is 5.22. The van der Waals surface area contributed by atoms with Crippen LogP contribution >= 0.6 is 0 Å². The number of anilines is 2. The number of hydrogen-bond acceptors (Lipinski definition) is 6. The molecule has 1 aliphatic rings. The number of amides is 2. The molecule has 16 heteroatoms. The van der Waals surface area contributed by atoms with Crippen molar-refractivity contribution >= 4 is 29.3 Å². The molecule has 0 unspecified atom stereocenters. The van der Waals surface area contributed by atoms with Crippen molar-refractivity contribution in [3.8, 4) is 11.1 Å². The van der Waals surface area contributed by atoms with E-state index in [0.29, 0.717) is 10.6 Å². The number of fused-ring (bicyclic) bond motifs is 1. The highest BCUT2D eigenvalue weighted by Gasteiger charge is 2.36. The van der Waals surface area contributed by atoms with Gasteiger partial charge in [0.05, 0.1) is 0 Å². The largest absolute Gasteiger partial charge is 0.477 e. The van der Waals surface area contributed by atoms with Gasteiger partial charge in [-0.25, -0.2) is 24.2 Å². The highest BCUT2D eigenvalue weighted by atomic mass is 19.4. The van der Waals surface area contributed by atoms with E-state index in [0.717, 1.165) is 22.9 Å². The number of hydrogen-bond donors (Lipinski definition) is 4. The van der Waals surface area contributed by atoms with Crippen LogP contribution in [0.4, 0.5) is 42.6 Å². The van der Waals surface area contributed by atoms with Crippen LogP contribution in [0.1, 0.15) is 21.9 Å².